The number of aliphatic hydroxyl groups is 1. The van der Waals surface area contributed by atoms with Crippen LogP contribution in [-0.4, -0.2) is 29.6 Å². The average Bonchev–Trinajstić information content (AvgIpc) is 3.06. The molecule has 0 unspecified atom stereocenters. The molecule has 0 spiro atoms. The van der Waals surface area contributed by atoms with Crippen molar-refractivity contribution in [1.29, 1.82) is 0 Å². The predicted octanol–water partition coefficient (Wildman–Crippen LogP) is 4.82. The zero-order valence-electron chi connectivity index (χ0n) is 14.5. The second-order valence-corrected chi connectivity index (χ2v) is 8.08. The summed E-state index contributed by atoms with van der Waals surface area (Å²) in [5.74, 6) is 0.589. The molecule has 0 aliphatic carbocycles. The maximum Gasteiger partial charge on any atom is 0.0777 e. The SMILES string of the molecule is OCc1sc2ccccc2c1C1CCN(CCc2ccccc2)CC1. The monoisotopic (exact) mass is 351 g/mol. The Hall–Kier alpha value is -1.68. The zero-order valence-corrected chi connectivity index (χ0v) is 15.3. The molecule has 3 heteroatoms. The Bertz CT molecular complexity index is 818. The molecule has 1 fully saturated rings. The first-order valence-electron chi connectivity index (χ1n) is 9.22. The first kappa shape index (κ1) is 16.8. The Kier molecular flexibility index (Phi) is 5.16. The largest absolute Gasteiger partial charge is 0.391 e. The van der Waals surface area contributed by atoms with Gasteiger partial charge in [0.05, 0.1) is 6.61 Å². The molecule has 2 aromatic carbocycles. The Labute approximate surface area is 153 Å². The van der Waals surface area contributed by atoms with Gasteiger partial charge in [-0.2, -0.15) is 0 Å². The number of hydrogen-bond acceptors (Lipinski definition) is 3. The summed E-state index contributed by atoms with van der Waals surface area (Å²) in [6, 6.07) is 19.4. The maximum absolute atomic E-state index is 9.81. The van der Waals surface area contributed by atoms with Crippen molar-refractivity contribution < 1.29 is 5.11 Å². The van der Waals surface area contributed by atoms with Crippen LogP contribution in [0.3, 0.4) is 0 Å². The number of fused-ring (bicyclic) bond motifs is 1. The van der Waals surface area contributed by atoms with E-state index in [1.807, 2.05) is 0 Å². The minimum Gasteiger partial charge on any atom is -0.391 e. The Balaban J connectivity index is 1.42. The highest BCUT2D eigenvalue weighted by Gasteiger charge is 2.25. The van der Waals surface area contributed by atoms with Crippen LogP contribution in [0.1, 0.15) is 34.8 Å². The van der Waals surface area contributed by atoms with Gasteiger partial charge in [-0.25, -0.2) is 0 Å². The second-order valence-electron chi connectivity index (χ2n) is 6.94. The van der Waals surface area contributed by atoms with Crippen LogP contribution in [0.15, 0.2) is 54.6 Å². The van der Waals surface area contributed by atoms with E-state index in [0.29, 0.717) is 5.92 Å². The van der Waals surface area contributed by atoms with E-state index in [1.54, 1.807) is 11.3 Å². The molecule has 1 saturated heterocycles. The van der Waals surface area contributed by atoms with Crippen molar-refractivity contribution in [3.8, 4) is 0 Å². The number of likely N-dealkylation sites (tertiary alicyclic amines) is 1. The molecule has 2 nitrogen and oxygen atoms in total. The van der Waals surface area contributed by atoms with Crippen molar-refractivity contribution >= 4 is 21.4 Å². The molecule has 4 rings (SSSR count). The average molecular weight is 352 g/mol. The summed E-state index contributed by atoms with van der Waals surface area (Å²) in [5.41, 5.74) is 2.85. The lowest BCUT2D eigenvalue weighted by Gasteiger charge is -2.32. The van der Waals surface area contributed by atoms with E-state index in [9.17, 15) is 5.11 Å². The third-order valence-electron chi connectivity index (χ3n) is 5.41. The van der Waals surface area contributed by atoms with E-state index in [4.69, 9.17) is 0 Å². The normalized spacial score (nSPS) is 16.5. The molecule has 3 aromatic rings. The molecule has 1 aliphatic rings. The molecule has 0 atom stereocenters. The number of nitrogens with zero attached hydrogens (tertiary/aromatic N) is 1. The van der Waals surface area contributed by atoms with Gasteiger partial charge in [0, 0.05) is 16.1 Å². The molecular formula is C22H25NOS. The van der Waals surface area contributed by atoms with Crippen molar-refractivity contribution in [3.63, 3.8) is 0 Å². The lowest BCUT2D eigenvalue weighted by molar-refractivity contribution is 0.213. The summed E-state index contributed by atoms with van der Waals surface area (Å²) in [6.45, 7) is 3.63. The summed E-state index contributed by atoms with van der Waals surface area (Å²) < 4.78 is 1.31. The van der Waals surface area contributed by atoms with Crippen molar-refractivity contribution in [1.82, 2.24) is 4.90 Å². The molecule has 1 aliphatic heterocycles. The number of aliphatic hydroxyl groups excluding tert-OH is 1. The Morgan fingerprint density at radius 1 is 0.960 bits per heavy atom. The first-order chi connectivity index (χ1) is 12.3. The van der Waals surface area contributed by atoms with Gasteiger partial charge in [0.15, 0.2) is 0 Å². The predicted molar refractivity (Wildman–Crippen MR) is 106 cm³/mol. The van der Waals surface area contributed by atoms with Crippen LogP contribution in [0, 0.1) is 0 Å². The van der Waals surface area contributed by atoms with Gasteiger partial charge in [-0.05, 0) is 60.8 Å². The van der Waals surface area contributed by atoms with Crippen LogP contribution >= 0.6 is 11.3 Å². The highest BCUT2D eigenvalue weighted by Crippen LogP contribution is 2.40. The minimum atomic E-state index is 0.170. The molecular weight excluding hydrogens is 326 g/mol. The van der Waals surface area contributed by atoms with E-state index < -0.39 is 0 Å². The van der Waals surface area contributed by atoms with Crippen LogP contribution in [0.25, 0.3) is 10.1 Å². The summed E-state index contributed by atoms with van der Waals surface area (Å²) >= 11 is 1.76. The molecule has 1 aromatic heterocycles. The van der Waals surface area contributed by atoms with Crippen molar-refractivity contribution in [2.24, 2.45) is 0 Å². The zero-order chi connectivity index (χ0) is 17.1. The lowest BCUT2D eigenvalue weighted by atomic mass is 9.87. The molecule has 0 radical (unpaired) electrons. The Morgan fingerprint density at radius 2 is 1.68 bits per heavy atom. The number of thiophene rings is 1. The van der Waals surface area contributed by atoms with Crippen molar-refractivity contribution in [2.75, 3.05) is 19.6 Å². The third-order valence-corrected chi connectivity index (χ3v) is 6.58. The van der Waals surface area contributed by atoms with Crippen LogP contribution in [-0.2, 0) is 13.0 Å². The highest BCUT2D eigenvalue weighted by atomic mass is 32.1. The molecule has 0 amide bonds. The van der Waals surface area contributed by atoms with E-state index in [1.165, 1.54) is 38.9 Å². The van der Waals surface area contributed by atoms with Crippen molar-refractivity contribution in [3.05, 3.63) is 70.6 Å². The molecule has 2 heterocycles. The fraction of sp³-hybridized carbons (Fsp3) is 0.364. The summed E-state index contributed by atoms with van der Waals surface area (Å²) in [6.07, 6.45) is 3.53. The molecule has 1 N–H and O–H groups in total. The first-order valence-corrected chi connectivity index (χ1v) is 10.0. The second kappa shape index (κ2) is 7.69. The number of benzene rings is 2. The van der Waals surface area contributed by atoms with E-state index in [0.717, 1.165) is 26.1 Å². The summed E-state index contributed by atoms with van der Waals surface area (Å²) in [5, 5.41) is 11.2. The van der Waals surface area contributed by atoms with E-state index in [-0.39, 0.29) is 6.61 Å². The third kappa shape index (κ3) is 3.64. The van der Waals surface area contributed by atoms with Gasteiger partial charge in [-0.3, -0.25) is 0 Å². The molecule has 0 bridgehead atoms. The molecule has 130 valence electrons. The van der Waals surface area contributed by atoms with Gasteiger partial charge < -0.3 is 10.0 Å². The van der Waals surface area contributed by atoms with Gasteiger partial charge >= 0.3 is 0 Å². The van der Waals surface area contributed by atoms with Gasteiger partial charge in [0.1, 0.15) is 0 Å². The summed E-state index contributed by atoms with van der Waals surface area (Å²) in [7, 11) is 0. The topological polar surface area (TPSA) is 23.5 Å². The standard InChI is InChI=1S/C22H25NOS/c24-16-21-22(19-8-4-5-9-20(19)25-21)18-11-14-23(15-12-18)13-10-17-6-2-1-3-7-17/h1-9,18,24H,10-16H2. The Morgan fingerprint density at radius 3 is 2.44 bits per heavy atom. The number of piperidine rings is 1. The van der Waals surface area contributed by atoms with Gasteiger partial charge in [0.2, 0.25) is 0 Å². The number of rotatable bonds is 5. The van der Waals surface area contributed by atoms with Gasteiger partial charge in [-0.1, -0.05) is 48.5 Å². The van der Waals surface area contributed by atoms with Gasteiger partial charge in [0.25, 0.3) is 0 Å². The van der Waals surface area contributed by atoms with Crippen LogP contribution in [0.4, 0.5) is 0 Å². The molecule has 25 heavy (non-hydrogen) atoms. The minimum absolute atomic E-state index is 0.170. The maximum atomic E-state index is 9.81. The quantitative estimate of drug-likeness (QED) is 0.713. The van der Waals surface area contributed by atoms with Crippen LogP contribution < -0.4 is 0 Å². The van der Waals surface area contributed by atoms with Crippen LogP contribution in [0.2, 0.25) is 0 Å². The summed E-state index contributed by atoms with van der Waals surface area (Å²) in [4.78, 5) is 3.76. The van der Waals surface area contributed by atoms with Crippen LogP contribution in [0.5, 0.6) is 0 Å². The number of hydrogen-bond donors (Lipinski definition) is 1. The highest BCUT2D eigenvalue weighted by molar-refractivity contribution is 7.19. The fourth-order valence-corrected chi connectivity index (χ4v) is 5.21. The smallest absolute Gasteiger partial charge is 0.0777 e. The van der Waals surface area contributed by atoms with Crippen molar-refractivity contribution in [2.45, 2.75) is 31.8 Å². The van der Waals surface area contributed by atoms with Gasteiger partial charge in [-0.15, -0.1) is 11.3 Å². The lowest BCUT2D eigenvalue weighted by Crippen LogP contribution is -2.34. The molecule has 0 saturated carbocycles. The van der Waals surface area contributed by atoms with E-state index >= 15 is 0 Å². The van der Waals surface area contributed by atoms with E-state index in [2.05, 4.69) is 59.5 Å². The fourth-order valence-electron chi connectivity index (χ4n) is 4.06.